The van der Waals surface area contributed by atoms with Crippen LogP contribution >= 0.6 is 0 Å². The lowest BCUT2D eigenvalue weighted by molar-refractivity contribution is 0.331. The second-order valence-electron chi connectivity index (χ2n) is 2.49. The predicted octanol–water partition coefficient (Wildman–Crippen LogP) is 1.21. The van der Waals surface area contributed by atoms with E-state index in [2.05, 4.69) is 18.7 Å². The molecule has 8 heavy (non-hydrogen) atoms. The van der Waals surface area contributed by atoms with Crippen LogP contribution in [-0.2, 0) is 0 Å². The Balaban J connectivity index is 2.03. The fourth-order valence-electron chi connectivity index (χ4n) is 1.13. The molecule has 2 unspecified atom stereocenters. The van der Waals surface area contributed by atoms with Gasteiger partial charge in [0.2, 0.25) is 0 Å². The number of nitrogens with one attached hydrogen (secondary N) is 1. The van der Waals surface area contributed by atoms with Gasteiger partial charge in [0.25, 0.3) is 0 Å². The standard InChI is InChI=1S/C7H14N/c1-3-6-4-7(5-6)8-2/h4,6-8H,3,5H2,1-2H3/q+1. The van der Waals surface area contributed by atoms with Crippen LogP contribution in [0.5, 0.6) is 0 Å². The maximum absolute atomic E-state index is 3.21. The lowest BCUT2D eigenvalue weighted by Gasteiger charge is -2.23. The van der Waals surface area contributed by atoms with Crippen LogP contribution in [0, 0.1) is 12.3 Å². The van der Waals surface area contributed by atoms with Gasteiger partial charge in [-0.1, -0.05) is 6.92 Å². The lowest BCUT2D eigenvalue weighted by atomic mass is 9.79. The summed E-state index contributed by atoms with van der Waals surface area (Å²) in [4.78, 5) is 0. The molecule has 0 radical (unpaired) electrons. The van der Waals surface area contributed by atoms with E-state index in [1.807, 2.05) is 7.05 Å². The summed E-state index contributed by atoms with van der Waals surface area (Å²) in [5.74, 6) is 0.910. The summed E-state index contributed by atoms with van der Waals surface area (Å²) in [7, 11) is 2.02. The molecule has 0 aliphatic heterocycles. The molecule has 0 aromatic rings. The van der Waals surface area contributed by atoms with Crippen molar-refractivity contribution in [3.63, 3.8) is 0 Å². The van der Waals surface area contributed by atoms with Gasteiger partial charge in [0, 0.05) is 6.42 Å². The van der Waals surface area contributed by atoms with Gasteiger partial charge in [-0.3, -0.25) is 5.32 Å². The SMILES string of the molecule is CCC1[CH+]C(NC)C1. The zero-order valence-corrected chi connectivity index (χ0v) is 5.65. The maximum atomic E-state index is 3.21. The van der Waals surface area contributed by atoms with E-state index >= 15 is 0 Å². The summed E-state index contributed by atoms with van der Waals surface area (Å²) in [5.41, 5.74) is 0. The normalized spacial score (nSPS) is 35.8. The van der Waals surface area contributed by atoms with Gasteiger partial charge in [-0.15, -0.1) is 0 Å². The van der Waals surface area contributed by atoms with E-state index in [1.165, 1.54) is 12.8 Å². The largest absolute Gasteiger partial charge is 0.279 e. The van der Waals surface area contributed by atoms with Gasteiger partial charge in [-0.05, 0) is 13.5 Å². The highest BCUT2D eigenvalue weighted by atomic mass is 14.9. The van der Waals surface area contributed by atoms with E-state index in [4.69, 9.17) is 0 Å². The minimum Gasteiger partial charge on any atom is -0.279 e. The first-order valence-corrected chi connectivity index (χ1v) is 3.39. The minimum absolute atomic E-state index is 0.722. The summed E-state index contributed by atoms with van der Waals surface area (Å²) >= 11 is 0. The summed E-state index contributed by atoms with van der Waals surface area (Å²) in [6.45, 7) is 2.24. The van der Waals surface area contributed by atoms with Crippen LogP contribution in [0.15, 0.2) is 0 Å². The Labute approximate surface area is 51.5 Å². The van der Waals surface area contributed by atoms with Crippen LogP contribution in [0.1, 0.15) is 19.8 Å². The molecule has 0 amide bonds. The summed E-state index contributed by atoms with van der Waals surface area (Å²) in [5, 5.41) is 3.21. The smallest absolute Gasteiger partial charge is 0.153 e. The van der Waals surface area contributed by atoms with Gasteiger partial charge in [0.1, 0.15) is 5.92 Å². The van der Waals surface area contributed by atoms with Crippen molar-refractivity contribution in [1.82, 2.24) is 5.32 Å². The molecule has 0 aromatic carbocycles. The highest BCUT2D eigenvalue weighted by molar-refractivity contribution is 4.99. The maximum Gasteiger partial charge on any atom is 0.153 e. The minimum atomic E-state index is 0.722. The van der Waals surface area contributed by atoms with Gasteiger partial charge in [-0.25, -0.2) is 0 Å². The highest BCUT2D eigenvalue weighted by Gasteiger charge is 2.36. The van der Waals surface area contributed by atoms with Crippen molar-refractivity contribution < 1.29 is 0 Å². The third-order valence-corrected chi connectivity index (χ3v) is 1.96. The van der Waals surface area contributed by atoms with E-state index in [0.717, 1.165) is 12.0 Å². The van der Waals surface area contributed by atoms with Gasteiger partial charge < -0.3 is 0 Å². The second kappa shape index (κ2) is 2.40. The van der Waals surface area contributed by atoms with Crippen LogP contribution in [0.3, 0.4) is 0 Å². The Morgan fingerprint density at radius 2 is 2.38 bits per heavy atom. The average Bonchev–Trinajstić information content (AvgIpc) is 1.65. The molecule has 0 heterocycles. The third kappa shape index (κ3) is 0.972. The van der Waals surface area contributed by atoms with E-state index in [1.54, 1.807) is 0 Å². The van der Waals surface area contributed by atoms with E-state index in [0.29, 0.717) is 0 Å². The van der Waals surface area contributed by atoms with Gasteiger partial charge in [0.05, 0.1) is 6.42 Å². The Bertz CT molecular complexity index is 56.8. The van der Waals surface area contributed by atoms with Crippen molar-refractivity contribution >= 4 is 0 Å². The predicted molar refractivity (Wildman–Crippen MR) is 35.5 cm³/mol. The van der Waals surface area contributed by atoms with Crippen LogP contribution in [0.2, 0.25) is 0 Å². The van der Waals surface area contributed by atoms with Crippen molar-refractivity contribution in [2.45, 2.75) is 25.8 Å². The average molecular weight is 112 g/mol. The van der Waals surface area contributed by atoms with E-state index in [-0.39, 0.29) is 0 Å². The van der Waals surface area contributed by atoms with Crippen LogP contribution in [-0.4, -0.2) is 13.1 Å². The first-order chi connectivity index (χ1) is 3.86. The Kier molecular flexibility index (Phi) is 1.79. The molecule has 1 fully saturated rings. The molecule has 1 aliphatic carbocycles. The molecule has 1 saturated carbocycles. The molecule has 0 saturated heterocycles. The summed E-state index contributed by atoms with van der Waals surface area (Å²) < 4.78 is 0. The Morgan fingerprint density at radius 3 is 2.75 bits per heavy atom. The van der Waals surface area contributed by atoms with Crippen molar-refractivity contribution in [3.05, 3.63) is 6.42 Å². The monoisotopic (exact) mass is 112 g/mol. The molecule has 1 N–H and O–H groups in total. The van der Waals surface area contributed by atoms with Crippen molar-refractivity contribution in [2.75, 3.05) is 7.05 Å². The molecule has 1 aliphatic rings. The second-order valence-corrected chi connectivity index (χ2v) is 2.49. The van der Waals surface area contributed by atoms with Crippen molar-refractivity contribution in [1.29, 1.82) is 0 Å². The Hall–Kier alpha value is -0.170. The highest BCUT2D eigenvalue weighted by Crippen LogP contribution is 2.27. The number of rotatable bonds is 2. The van der Waals surface area contributed by atoms with Crippen molar-refractivity contribution in [3.8, 4) is 0 Å². The summed E-state index contributed by atoms with van der Waals surface area (Å²) in [6, 6.07) is 0.722. The van der Waals surface area contributed by atoms with Crippen LogP contribution < -0.4 is 5.32 Å². The van der Waals surface area contributed by atoms with E-state index < -0.39 is 0 Å². The Morgan fingerprint density at radius 1 is 1.75 bits per heavy atom. The molecule has 0 bridgehead atoms. The quantitative estimate of drug-likeness (QED) is 0.529. The molecule has 0 aromatic heterocycles. The van der Waals surface area contributed by atoms with Crippen LogP contribution in [0.25, 0.3) is 0 Å². The topological polar surface area (TPSA) is 12.0 Å². The van der Waals surface area contributed by atoms with Gasteiger partial charge in [0.15, 0.2) is 6.04 Å². The number of hydrogen-bond acceptors (Lipinski definition) is 1. The third-order valence-electron chi connectivity index (χ3n) is 1.96. The molecule has 2 atom stereocenters. The zero-order valence-electron chi connectivity index (χ0n) is 5.65. The fourth-order valence-corrected chi connectivity index (χ4v) is 1.13. The van der Waals surface area contributed by atoms with Gasteiger partial charge in [-0.2, -0.15) is 0 Å². The molecular weight excluding hydrogens is 98.1 g/mol. The zero-order chi connectivity index (χ0) is 5.98. The summed E-state index contributed by atoms with van der Waals surface area (Å²) in [6.07, 6.45) is 5.06. The molecule has 1 rings (SSSR count). The fraction of sp³-hybridized carbons (Fsp3) is 0.857. The molecule has 46 valence electrons. The van der Waals surface area contributed by atoms with Gasteiger partial charge >= 0.3 is 0 Å². The first-order valence-electron chi connectivity index (χ1n) is 3.39. The molecule has 0 spiro atoms. The number of hydrogen-bond donors (Lipinski definition) is 1. The van der Waals surface area contributed by atoms with E-state index in [9.17, 15) is 0 Å². The molecule has 1 heteroatoms. The van der Waals surface area contributed by atoms with Crippen LogP contribution in [0.4, 0.5) is 0 Å². The van der Waals surface area contributed by atoms with Crippen molar-refractivity contribution in [2.24, 2.45) is 5.92 Å². The first kappa shape index (κ1) is 5.96. The molecular formula is C7H14N+. The lowest BCUT2D eigenvalue weighted by Crippen LogP contribution is -2.39. The molecule has 1 nitrogen and oxygen atoms in total.